The van der Waals surface area contributed by atoms with Crippen LogP contribution in [0.1, 0.15) is 20.8 Å². The first-order valence-corrected chi connectivity index (χ1v) is 2.65. The topological polar surface area (TPSA) is 26.3 Å². The standard InChI is InChI=1S/C7H10O2/c1-5-7(3,4)9-6(2)8/h1H,2-4H3. The van der Waals surface area contributed by atoms with Crippen molar-refractivity contribution in [2.24, 2.45) is 0 Å². The van der Waals surface area contributed by atoms with E-state index in [1.807, 2.05) is 0 Å². The van der Waals surface area contributed by atoms with Crippen molar-refractivity contribution in [3.8, 4) is 12.3 Å². The number of carbonyl (C=O) groups excluding carboxylic acids is 1. The molecule has 0 aliphatic rings. The van der Waals surface area contributed by atoms with Gasteiger partial charge in [-0.2, -0.15) is 0 Å². The van der Waals surface area contributed by atoms with Gasteiger partial charge in [0, 0.05) is 6.92 Å². The lowest BCUT2D eigenvalue weighted by molar-refractivity contribution is -0.148. The van der Waals surface area contributed by atoms with Gasteiger partial charge in [-0.1, -0.05) is 5.92 Å². The van der Waals surface area contributed by atoms with E-state index in [4.69, 9.17) is 11.2 Å². The van der Waals surface area contributed by atoms with Gasteiger partial charge >= 0.3 is 5.97 Å². The maximum atomic E-state index is 10.3. The van der Waals surface area contributed by atoms with Crippen molar-refractivity contribution in [1.29, 1.82) is 0 Å². The fourth-order valence-electron chi connectivity index (χ4n) is 0.389. The molecule has 2 nitrogen and oxygen atoms in total. The predicted octanol–water partition coefficient (Wildman–Crippen LogP) is 0.961. The molecule has 50 valence electrons. The number of esters is 1. The molecule has 0 aliphatic carbocycles. The van der Waals surface area contributed by atoms with Gasteiger partial charge in [-0.3, -0.25) is 4.79 Å². The molecule has 0 aromatic rings. The minimum absolute atomic E-state index is 0.349. The molecule has 0 amide bonds. The second-order valence-electron chi connectivity index (χ2n) is 2.25. The van der Waals surface area contributed by atoms with E-state index in [1.54, 1.807) is 13.8 Å². The van der Waals surface area contributed by atoms with Crippen molar-refractivity contribution in [2.75, 3.05) is 0 Å². The number of ether oxygens (including phenoxy) is 1. The van der Waals surface area contributed by atoms with E-state index in [2.05, 4.69) is 5.92 Å². The number of hydrogen-bond donors (Lipinski definition) is 0. The molecule has 0 saturated heterocycles. The summed E-state index contributed by atoms with van der Waals surface area (Å²) < 4.78 is 4.71. The van der Waals surface area contributed by atoms with E-state index in [-0.39, 0.29) is 5.97 Å². The number of terminal acetylenes is 1. The van der Waals surface area contributed by atoms with Crippen LogP contribution in [0.15, 0.2) is 0 Å². The minimum Gasteiger partial charge on any atom is -0.447 e. The Balaban J connectivity index is 3.91. The summed E-state index contributed by atoms with van der Waals surface area (Å²) in [5.41, 5.74) is -0.758. The fraction of sp³-hybridized carbons (Fsp3) is 0.571. The fourth-order valence-corrected chi connectivity index (χ4v) is 0.389. The lowest BCUT2D eigenvalue weighted by Crippen LogP contribution is -2.24. The molecular formula is C7H10O2. The molecule has 0 atom stereocenters. The highest BCUT2D eigenvalue weighted by Gasteiger charge is 2.15. The first-order valence-electron chi connectivity index (χ1n) is 2.65. The molecule has 0 unspecified atom stereocenters. The Labute approximate surface area is 55.2 Å². The summed E-state index contributed by atoms with van der Waals surface area (Å²) in [4.78, 5) is 10.3. The van der Waals surface area contributed by atoms with Crippen molar-refractivity contribution in [2.45, 2.75) is 26.4 Å². The van der Waals surface area contributed by atoms with E-state index < -0.39 is 5.60 Å². The molecule has 0 aliphatic heterocycles. The first kappa shape index (κ1) is 8.03. The van der Waals surface area contributed by atoms with Crippen LogP contribution in [0.2, 0.25) is 0 Å². The van der Waals surface area contributed by atoms with Gasteiger partial charge in [-0.05, 0) is 13.8 Å². The summed E-state index contributed by atoms with van der Waals surface area (Å²) in [7, 11) is 0. The third kappa shape index (κ3) is 3.60. The third-order valence-corrected chi connectivity index (χ3v) is 0.746. The molecule has 0 bridgehead atoms. The Kier molecular flexibility index (Phi) is 2.27. The van der Waals surface area contributed by atoms with Crippen LogP contribution in [-0.4, -0.2) is 11.6 Å². The largest absolute Gasteiger partial charge is 0.447 e. The molecule has 0 aromatic carbocycles. The Bertz CT molecular complexity index is 151. The maximum absolute atomic E-state index is 10.3. The zero-order chi connectivity index (χ0) is 7.49. The monoisotopic (exact) mass is 126 g/mol. The van der Waals surface area contributed by atoms with Crippen LogP contribution in [0, 0.1) is 12.3 Å². The quantitative estimate of drug-likeness (QED) is 0.386. The van der Waals surface area contributed by atoms with Crippen LogP contribution in [0.3, 0.4) is 0 Å². The van der Waals surface area contributed by atoms with Crippen molar-refractivity contribution < 1.29 is 9.53 Å². The van der Waals surface area contributed by atoms with Crippen LogP contribution in [-0.2, 0) is 9.53 Å². The lowest BCUT2D eigenvalue weighted by Gasteiger charge is -2.16. The summed E-state index contributed by atoms with van der Waals surface area (Å²) in [6, 6.07) is 0. The third-order valence-electron chi connectivity index (χ3n) is 0.746. The predicted molar refractivity (Wildman–Crippen MR) is 34.7 cm³/mol. The number of carbonyl (C=O) groups is 1. The SMILES string of the molecule is C#CC(C)(C)OC(C)=O. The Morgan fingerprint density at radius 2 is 2.11 bits per heavy atom. The molecule has 0 heterocycles. The first-order chi connectivity index (χ1) is 3.98. The molecule has 0 rings (SSSR count). The van der Waals surface area contributed by atoms with Crippen LogP contribution >= 0.6 is 0 Å². The number of rotatable bonds is 1. The summed E-state index contributed by atoms with van der Waals surface area (Å²) in [6.45, 7) is 4.65. The van der Waals surface area contributed by atoms with E-state index in [1.165, 1.54) is 6.92 Å². The zero-order valence-corrected chi connectivity index (χ0v) is 5.89. The maximum Gasteiger partial charge on any atom is 0.304 e. The Morgan fingerprint density at radius 3 is 2.22 bits per heavy atom. The number of hydrogen-bond acceptors (Lipinski definition) is 2. The van der Waals surface area contributed by atoms with Crippen molar-refractivity contribution in [3.05, 3.63) is 0 Å². The summed E-state index contributed by atoms with van der Waals surface area (Å²) in [5.74, 6) is 1.98. The molecule has 0 radical (unpaired) electrons. The second-order valence-corrected chi connectivity index (χ2v) is 2.25. The molecular weight excluding hydrogens is 116 g/mol. The van der Waals surface area contributed by atoms with Crippen molar-refractivity contribution >= 4 is 5.97 Å². The Morgan fingerprint density at radius 1 is 1.67 bits per heavy atom. The summed E-state index contributed by atoms with van der Waals surface area (Å²) >= 11 is 0. The van der Waals surface area contributed by atoms with Gasteiger partial charge in [-0.25, -0.2) is 0 Å². The Hall–Kier alpha value is -0.970. The van der Waals surface area contributed by atoms with E-state index >= 15 is 0 Å². The molecule has 0 N–H and O–H groups in total. The van der Waals surface area contributed by atoms with Crippen LogP contribution in [0.4, 0.5) is 0 Å². The van der Waals surface area contributed by atoms with Crippen molar-refractivity contribution in [1.82, 2.24) is 0 Å². The highest BCUT2D eigenvalue weighted by atomic mass is 16.6. The zero-order valence-electron chi connectivity index (χ0n) is 5.89. The molecule has 9 heavy (non-hydrogen) atoms. The summed E-state index contributed by atoms with van der Waals surface area (Å²) in [5, 5.41) is 0. The minimum atomic E-state index is -0.758. The molecule has 0 fully saturated rings. The summed E-state index contributed by atoms with van der Waals surface area (Å²) in [6.07, 6.45) is 5.03. The van der Waals surface area contributed by atoms with Crippen molar-refractivity contribution in [3.63, 3.8) is 0 Å². The molecule has 2 heteroatoms. The van der Waals surface area contributed by atoms with Gasteiger partial charge in [0.15, 0.2) is 5.60 Å². The van der Waals surface area contributed by atoms with E-state index in [9.17, 15) is 4.79 Å². The average Bonchev–Trinajstić information content (AvgIpc) is 1.63. The van der Waals surface area contributed by atoms with Gasteiger partial charge in [0.05, 0.1) is 0 Å². The highest BCUT2D eigenvalue weighted by molar-refractivity contribution is 5.66. The van der Waals surface area contributed by atoms with Crippen LogP contribution in [0.25, 0.3) is 0 Å². The lowest BCUT2D eigenvalue weighted by atomic mass is 10.1. The molecule has 0 saturated carbocycles. The average molecular weight is 126 g/mol. The van der Waals surface area contributed by atoms with Crippen LogP contribution in [0.5, 0.6) is 0 Å². The van der Waals surface area contributed by atoms with Gasteiger partial charge in [0.25, 0.3) is 0 Å². The highest BCUT2D eigenvalue weighted by Crippen LogP contribution is 2.05. The second kappa shape index (κ2) is 2.54. The van der Waals surface area contributed by atoms with Gasteiger partial charge in [0.1, 0.15) is 0 Å². The van der Waals surface area contributed by atoms with Gasteiger partial charge in [0.2, 0.25) is 0 Å². The van der Waals surface area contributed by atoms with Gasteiger partial charge < -0.3 is 4.74 Å². The smallest absolute Gasteiger partial charge is 0.304 e. The van der Waals surface area contributed by atoms with E-state index in [0.717, 1.165) is 0 Å². The molecule has 0 spiro atoms. The van der Waals surface area contributed by atoms with E-state index in [0.29, 0.717) is 0 Å². The molecule has 0 aromatic heterocycles. The normalized spacial score (nSPS) is 10.0. The van der Waals surface area contributed by atoms with Gasteiger partial charge in [-0.15, -0.1) is 6.42 Å². The van der Waals surface area contributed by atoms with Crippen LogP contribution < -0.4 is 0 Å².